The second-order valence-corrected chi connectivity index (χ2v) is 3.89. The molecule has 0 saturated carbocycles. The predicted molar refractivity (Wildman–Crippen MR) is 64.1 cm³/mol. The topological polar surface area (TPSA) is 9.23 Å². The average Bonchev–Trinajstić information content (AvgIpc) is 2.26. The first kappa shape index (κ1) is 11.7. The molecule has 0 spiro atoms. The van der Waals surface area contributed by atoms with Crippen molar-refractivity contribution in [2.75, 3.05) is 18.5 Å². The number of alkyl halides is 1. The van der Waals surface area contributed by atoms with E-state index in [9.17, 15) is 0 Å². The predicted octanol–water partition coefficient (Wildman–Crippen LogP) is 3.59. The minimum Gasteiger partial charge on any atom is -0.382 e. The summed E-state index contributed by atoms with van der Waals surface area (Å²) in [5.41, 5.74) is 1.39. The Hall–Kier alpha value is -0.340. The Balaban J connectivity index is 2.46. The molecule has 1 aromatic rings. The second-order valence-electron chi connectivity index (χ2n) is 3.25. The van der Waals surface area contributed by atoms with Gasteiger partial charge >= 0.3 is 0 Å². The Morgan fingerprint density at radius 3 is 2.57 bits per heavy atom. The SMILES string of the molecule is CCOCCC(CBr)c1ccccc1. The lowest BCUT2D eigenvalue weighted by Gasteiger charge is -2.13. The maximum absolute atomic E-state index is 5.37. The van der Waals surface area contributed by atoms with Gasteiger partial charge in [0.2, 0.25) is 0 Å². The molecule has 0 aliphatic rings. The van der Waals surface area contributed by atoms with Gasteiger partial charge < -0.3 is 4.74 Å². The van der Waals surface area contributed by atoms with Crippen LogP contribution in [0.25, 0.3) is 0 Å². The Kier molecular flexibility index (Phi) is 5.88. The maximum Gasteiger partial charge on any atom is 0.0472 e. The number of hydrogen-bond acceptors (Lipinski definition) is 1. The van der Waals surface area contributed by atoms with E-state index in [4.69, 9.17) is 4.74 Å². The third kappa shape index (κ3) is 3.81. The molecule has 0 bridgehead atoms. The van der Waals surface area contributed by atoms with Crippen molar-refractivity contribution in [3.63, 3.8) is 0 Å². The normalized spacial score (nSPS) is 12.7. The van der Waals surface area contributed by atoms with Crippen LogP contribution in [0.4, 0.5) is 0 Å². The standard InChI is InChI=1S/C12H17BrO/c1-2-14-9-8-12(10-13)11-6-4-3-5-7-11/h3-7,12H,2,8-10H2,1H3. The quantitative estimate of drug-likeness (QED) is 0.559. The van der Waals surface area contributed by atoms with Crippen molar-refractivity contribution in [1.82, 2.24) is 0 Å². The van der Waals surface area contributed by atoms with Gasteiger partial charge in [-0.05, 0) is 24.8 Å². The van der Waals surface area contributed by atoms with Crippen molar-refractivity contribution in [2.24, 2.45) is 0 Å². The molecule has 0 aromatic heterocycles. The van der Waals surface area contributed by atoms with Gasteiger partial charge in [-0.25, -0.2) is 0 Å². The van der Waals surface area contributed by atoms with E-state index in [0.717, 1.165) is 25.0 Å². The number of benzene rings is 1. The van der Waals surface area contributed by atoms with Gasteiger partial charge in [-0.2, -0.15) is 0 Å². The smallest absolute Gasteiger partial charge is 0.0472 e. The highest BCUT2D eigenvalue weighted by Crippen LogP contribution is 2.21. The first-order valence-electron chi connectivity index (χ1n) is 5.07. The van der Waals surface area contributed by atoms with Crippen molar-refractivity contribution in [1.29, 1.82) is 0 Å². The molecular formula is C12H17BrO. The van der Waals surface area contributed by atoms with Crippen LogP contribution in [0.3, 0.4) is 0 Å². The Morgan fingerprint density at radius 1 is 1.29 bits per heavy atom. The molecule has 14 heavy (non-hydrogen) atoms. The molecule has 0 radical (unpaired) electrons. The van der Waals surface area contributed by atoms with Gasteiger partial charge in [-0.15, -0.1) is 0 Å². The van der Waals surface area contributed by atoms with E-state index >= 15 is 0 Å². The van der Waals surface area contributed by atoms with Crippen LogP contribution in [0.2, 0.25) is 0 Å². The number of rotatable bonds is 6. The number of hydrogen-bond donors (Lipinski definition) is 0. The van der Waals surface area contributed by atoms with Crippen molar-refractivity contribution < 1.29 is 4.74 Å². The van der Waals surface area contributed by atoms with Crippen molar-refractivity contribution in [2.45, 2.75) is 19.3 Å². The zero-order valence-electron chi connectivity index (χ0n) is 8.58. The van der Waals surface area contributed by atoms with Crippen LogP contribution in [0, 0.1) is 0 Å². The summed E-state index contributed by atoms with van der Waals surface area (Å²) in [4.78, 5) is 0. The zero-order chi connectivity index (χ0) is 10.2. The van der Waals surface area contributed by atoms with Crippen LogP contribution in [-0.4, -0.2) is 18.5 Å². The molecule has 0 fully saturated rings. The van der Waals surface area contributed by atoms with E-state index in [1.54, 1.807) is 0 Å². The summed E-state index contributed by atoms with van der Waals surface area (Å²) < 4.78 is 5.37. The highest BCUT2D eigenvalue weighted by Gasteiger charge is 2.08. The van der Waals surface area contributed by atoms with Gasteiger partial charge in [0, 0.05) is 18.5 Å². The molecule has 0 aliphatic carbocycles. The van der Waals surface area contributed by atoms with E-state index in [-0.39, 0.29) is 0 Å². The fourth-order valence-corrected chi connectivity index (χ4v) is 2.13. The highest BCUT2D eigenvalue weighted by atomic mass is 79.9. The molecule has 0 aliphatic heterocycles. The van der Waals surface area contributed by atoms with Gasteiger partial charge in [-0.3, -0.25) is 0 Å². The van der Waals surface area contributed by atoms with E-state index in [1.807, 2.05) is 6.92 Å². The Morgan fingerprint density at radius 2 is 2.00 bits per heavy atom. The van der Waals surface area contributed by atoms with Gasteiger partial charge in [0.25, 0.3) is 0 Å². The van der Waals surface area contributed by atoms with Gasteiger partial charge in [0.15, 0.2) is 0 Å². The fraction of sp³-hybridized carbons (Fsp3) is 0.500. The van der Waals surface area contributed by atoms with Crippen LogP contribution < -0.4 is 0 Å². The Bertz CT molecular complexity index is 235. The number of ether oxygens (including phenoxy) is 1. The molecular weight excluding hydrogens is 240 g/mol. The van der Waals surface area contributed by atoms with Crippen LogP contribution in [0.15, 0.2) is 30.3 Å². The molecule has 1 nitrogen and oxygen atoms in total. The van der Waals surface area contributed by atoms with E-state index in [1.165, 1.54) is 5.56 Å². The Labute approximate surface area is 94.6 Å². The summed E-state index contributed by atoms with van der Waals surface area (Å²) in [6.45, 7) is 3.69. The van der Waals surface area contributed by atoms with Crippen LogP contribution in [-0.2, 0) is 4.74 Å². The van der Waals surface area contributed by atoms with Crippen LogP contribution in [0.1, 0.15) is 24.8 Å². The summed E-state index contributed by atoms with van der Waals surface area (Å²) in [7, 11) is 0. The van der Waals surface area contributed by atoms with E-state index < -0.39 is 0 Å². The minimum absolute atomic E-state index is 0.572. The second kappa shape index (κ2) is 7.02. The van der Waals surface area contributed by atoms with Crippen LogP contribution in [0.5, 0.6) is 0 Å². The van der Waals surface area contributed by atoms with Gasteiger partial charge in [0.1, 0.15) is 0 Å². The largest absolute Gasteiger partial charge is 0.382 e. The first-order valence-corrected chi connectivity index (χ1v) is 6.19. The third-order valence-electron chi connectivity index (χ3n) is 2.27. The molecule has 0 saturated heterocycles. The lowest BCUT2D eigenvalue weighted by Crippen LogP contribution is -2.05. The van der Waals surface area contributed by atoms with Crippen LogP contribution >= 0.6 is 15.9 Å². The summed E-state index contributed by atoms with van der Waals surface area (Å²) in [5, 5.41) is 1.00. The van der Waals surface area contributed by atoms with Gasteiger partial charge in [0.05, 0.1) is 0 Å². The molecule has 78 valence electrons. The summed E-state index contributed by atoms with van der Waals surface area (Å²) in [5.74, 6) is 0.572. The number of halogens is 1. The lowest BCUT2D eigenvalue weighted by molar-refractivity contribution is 0.141. The maximum atomic E-state index is 5.37. The van der Waals surface area contributed by atoms with Crippen molar-refractivity contribution in [3.05, 3.63) is 35.9 Å². The van der Waals surface area contributed by atoms with Crippen molar-refractivity contribution in [3.8, 4) is 0 Å². The summed E-state index contributed by atoms with van der Waals surface area (Å²) in [6, 6.07) is 10.6. The fourth-order valence-electron chi connectivity index (χ4n) is 1.43. The van der Waals surface area contributed by atoms with Crippen molar-refractivity contribution >= 4 is 15.9 Å². The molecule has 1 rings (SSSR count). The molecule has 1 aromatic carbocycles. The first-order chi connectivity index (χ1) is 6.88. The molecule has 1 atom stereocenters. The van der Waals surface area contributed by atoms with E-state index in [2.05, 4.69) is 46.3 Å². The lowest BCUT2D eigenvalue weighted by atomic mass is 9.98. The van der Waals surface area contributed by atoms with E-state index in [0.29, 0.717) is 5.92 Å². The third-order valence-corrected chi connectivity index (χ3v) is 3.05. The summed E-state index contributed by atoms with van der Waals surface area (Å²) >= 11 is 3.55. The minimum atomic E-state index is 0.572. The molecule has 0 amide bonds. The van der Waals surface area contributed by atoms with Gasteiger partial charge in [-0.1, -0.05) is 46.3 Å². The molecule has 0 N–H and O–H groups in total. The highest BCUT2D eigenvalue weighted by molar-refractivity contribution is 9.09. The molecule has 0 heterocycles. The molecule has 1 unspecified atom stereocenters. The molecule has 2 heteroatoms. The zero-order valence-corrected chi connectivity index (χ0v) is 10.2. The summed E-state index contributed by atoms with van der Waals surface area (Å²) in [6.07, 6.45) is 1.09. The average molecular weight is 257 g/mol. The monoisotopic (exact) mass is 256 g/mol.